The van der Waals surface area contributed by atoms with Gasteiger partial charge in [0.2, 0.25) is 0 Å². The molecule has 0 aliphatic heterocycles. The minimum absolute atomic E-state index is 1.37. The number of fused-ring (bicyclic) bond motifs is 1. The summed E-state index contributed by atoms with van der Waals surface area (Å²) in [5, 5.41) is 4.91. The van der Waals surface area contributed by atoms with Crippen molar-refractivity contribution < 1.29 is 0 Å². The zero-order chi connectivity index (χ0) is 13.5. The van der Waals surface area contributed by atoms with E-state index in [0.29, 0.717) is 0 Å². The second-order valence-electron chi connectivity index (χ2n) is 4.69. The smallest absolute Gasteiger partial charge is 0.0528 e. The topological polar surface area (TPSA) is 0 Å². The summed E-state index contributed by atoms with van der Waals surface area (Å²) in [5.41, 5.74) is 0. The Morgan fingerprint density at radius 2 is 1.45 bits per heavy atom. The van der Waals surface area contributed by atoms with E-state index >= 15 is 0 Å². The third-order valence-corrected chi connectivity index (χ3v) is 6.78. The van der Waals surface area contributed by atoms with E-state index < -0.39 is 0 Å². The molecule has 0 aliphatic carbocycles. The van der Waals surface area contributed by atoms with E-state index in [1.54, 1.807) is 0 Å². The molecule has 0 amide bonds. The zero-order valence-electron chi connectivity index (χ0n) is 10.9. The molecule has 3 aromatic heterocycles. The number of hydrogen-bond donors (Lipinski definition) is 0. The maximum atomic E-state index is 2.25. The number of benzene rings is 1. The number of thiophene rings is 3. The maximum absolute atomic E-state index is 2.25. The molecular formula is C17H12S3. The van der Waals surface area contributed by atoms with Crippen molar-refractivity contribution in [3.63, 3.8) is 0 Å². The van der Waals surface area contributed by atoms with Gasteiger partial charge in [-0.15, -0.1) is 34.0 Å². The minimum atomic E-state index is 1.37. The van der Waals surface area contributed by atoms with Gasteiger partial charge in [-0.2, -0.15) is 0 Å². The Labute approximate surface area is 130 Å². The Bertz CT molecular complexity index is 863. The standard InChI is InChI=1S/C17H12S3/c1-11-8-9-15(19-11)17-13-6-3-2-5-12(13)16(20-17)14-7-4-10-18-14/h2-10H,1H3. The second kappa shape index (κ2) is 4.85. The van der Waals surface area contributed by atoms with Crippen molar-refractivity contribution in [3.8, 4) is 19.5 Å². The third kappa shape index (κ3) is 1.94. The summed E-state index contributed by atoms with van der Waals surface area (Å²) >= 11 is 5.62. The molecule has 0 atom stereocenters. The average molecular weight is 312 g/mol. The summed E-state index contributed by atoms with van der Waals surface area (Å²) in [5.74, 6) is 0. The summed E-state index contributed by atoms with van der Waals surface area (Å²) < 4.78 is 0. The summed E-state index contributed by atoms with van der Waals surface area (Å²) in [6.45, 7) is 2.17. The van der Waals surface area contributed by atoms with Crippen molar-refractivity contribution >= 4 is 44.8 Å². The van der Waals surface area contributed by atoms with Crippen LogP contribution in [0, 0.1) is 6.92 Å². The SMILES string of the molecule is Cc1ccc(-c2sc(-c3cccs3)c3ccccc23)s1. The van der Waals surface area contributed by atoms with Crippen LogP contribution < -0.4 is 0 Å². The van der Waals surface area contributed by atoms with Gasteiger partial charge in [-0.1, -0.05) is 30.3 Å². The first-order valence-corrected chi connectivity index (χ1v) is 8.96. The molecule has 0 nitrogen and oxygen atoms in total. The number of aryl methyl sites for hydroxylation is 1. The van der Waals surface area contributed by atoms with Crippen LogP contribution in [0.1, 0.15) is 4.88 Å². The predicted octanol–water partition coefficient (Wildman–Crippen LogP) is 6.67. The fraction of sp³-hybridized carbons (Fsp3) is 0.0588. The van der Waals surface area contributed by atoms with Crippen molar-refractivity contribution in [3.05, 3.63) is 58.8 Å². The molecular weight excluding hydrogens is 300 g/mol. The Hall–Kier alpha value is -1.42. The Morgan fingerprint density at radius 1 is 0.700 bits per heavy atom. The fourth-order valence-corrected chi connectivity index (χ4v) is 5.56. The van der Waals surface area contributed by atoms with Crippen LogP contribution in [0.2, 0.25) is 0 Å². The summed E-state index contributed by atoms with van der Waals surface area (Å²) in [6.07, 6.45) is 0. The van der Waals surface area contributed by atoms with E-state index in [1.807, 2.05) is 34.0 Å². The zero-order valence-corrected chi connectivity index (χ0v) is 13.4. The lowest BCUT2D eigenvalue weighted by atomic mass is 10.1. The van der Waals surface area contributed by atoms with Crippen molar-refractivity contribution in [2.45, 2.75) is 6.92 Å². The van der Waals surface area contributed by atoms with E-state index in [-0.39, 0.29) is 0 Å². The van der Waals surface area contributed by atoms with Crippen LogP contribution in [0.25, 0.3) is 30.3 Å². The lowest BCUT2D eigenvalue weighted by Gasteiger charge is -1.94. The molecule has 0 N–H and O–H groups in total. The molecule has 20 heavy (non-hydrogen) atoms. The van der Waals surface area contributed by atoms with E-state index in [1.165, 1.54) is 35.2 Å². The lowest BCUT2D eigenvalue weighted by Crippen LogP contribution is -1.68. The van der Waals surface area contributed by atoms with Crippen molar-refractivity contribution in [1.82, 2.24) is 0 Å². The minimum Gasteiger partial charge on any atom is -0.143 e. The second-order valence-corrected chi connectivity index (χ2v) is 7.95. The van der Waals surface area contributed by atoms with Crippen LogP contribution in [-0.2, 0) is 0 Å². The third-order valence-electron chi connectivity index (χ3n) is 3.33. The van der Waals surface area contributed by atoms with E-state index in [0.717, 1.165) is 0 Å². The molecule has 0 spiro atoms. The van der Waals surface area contributed by atoms with Crippen molar-refractivity contribution in [1.29, 1.82) is 0 Å². The Balaban J connectivity index is 2.03. The van der Waals surface area contributed by atoms with E-state index in [2.05, 4.69) is 60.8 Å². The maximum Gasteiger partial charge on any atom is 0.0528 e. The molecule has 98 valence electrons. The first-order chi connectivity index (χ1) is 9.83. The van der Waals surface area contributed by atoms with Gasteiger partial charge in [0.05, 0.1) is 9.75 Å². The quantitative estimate of drug-likeness (QED) is 0.388. The van der Waals surface area contributed by atoms with Gasteiger partial charge < -0.3 is 0 Å². The van der Waals surface area contributed by atoms with Crippen LogP contribution >= 0.6 is 34.0 Å². The highest BCUT2D eigenvalue weighted by atomic mass is 32.1. The van der Waals surface area contributed by atoms with Gasteiger partial charge >= 0.3 is 0 Å². The molecule has 1 aromatic carbocycles. The average Bonchev–Trinajstić information content (AvgIpc) is 3.16. The van der Waals surface area contributed by atoms with Gasteiger partial charge in [-0.05, 0) is 30.5 Å². The lowest BCUT2D eigenvalue weighted by molar-refractivity contribution is 1.64. The predicted molar refractivity (Wildman–Crippen MR) is 93.2 cm³/mol. The Kier molecular flexibility index (Phi) is 2.99. The van der Waals surface area contributed by atoms with Gasteiger partial charge in [0, 0.05) is 25.4 Å². The monoisotopic (exact) mass is 312 g/mol. The summed E-state index contributed by atoms with van der Waals surface area (Å²) in [7, 11) is 0. The molecule has 4 aromatic rings. The highest BCUT2D eigenvalue weighted by molar-refractivity contribution is 7.27. The van der Waals surface area contributed by atoms with Crippen LogP contribution in [0.4, 0.5) is 0 Å². The van der Waals surface area contributed by atoms with Crippen molar-refractivity contribution in [2.75, 3.05) is 0 Å². The molecule has 3 heteroatoms. The molecule has 0 bridgehead atoms. The molecule has 3 heterocycles. The van der Waals surface area contributed by atoms with Gasteiger partial charge in [0.15, 0.2) is 0 Å². The first-order valence-electron chi connectivity index (χ1n) is 6.45. The molecule has 0 radical (unpaired) electrons. The highest BCUT2D eigenvalue weighted by Crippen LogP contribution is 2.46. The van der Waals surface area contributed by atoms with Crippen LogP contribution in [-0.4, -0.2) is 0 Å². The molecule has 0 aliphatic rings. The van der Waals surface area contributed by atoms with Gasteiger partial charge in [0.25, 0.3) is 0 Å². The van der Waals surface area contributed by atoms with Crippen LogP contribution in [0.15, 0.2) is 53.9 Å². The Morgan fingerprint density at radius 3 is 2.05 bits per heavy atom. The fourth-order valence-electron chi connectivity index (χ4n) is 2.42. The van der Waals surface area contributed by atoms with E-state index in [4.69, 9.17) is 0 Å². The molecule has 0 unspecified atom stereocenters. The highest BCUT2D eigenvalue weighted by Gasteiger charge is 2.15. The summed E-state index contributed by atoms with van der Waals surface area (Å²) in [4.78, 5) is 6.92. The number of hydrogen-bond acceptors (Lipinski definition) is 3. The molecule has 4 rings (SSSR count). The first kappa shape index (κ1) is 12.3. The van der Waals surface area contributed by atoms with Gasteiger partial charge in [-0.3, -0.25) is 0 Å². The van der Waals surface area contributed by atoms with Gasteiger partial charge in [0.1, 0.15) is 0 Å². The molecule has 0 saturated carbocycles. The van der Waals surface area contributed by atoms with Crippen LogP contribution in [0.3, 0.4) is 0 Å². The normalized spacial score (nSPS) is 11.2. The van der Waals surface area contributed by atoms with Crippen molar-refractivity contribution in [2.24, 2.45) is 0 Å². The molecule has 0 saturated heterocycles. The van der Waals surface area contributed by atoms with Gasteiger partial charge in [-0.25, -0.2) is 0 Å². The van der Waals surface area contributed by atoms with E-state index in [9.17, 15) is 0 Å². The van der Waals surface area contributed by atoms with Crippen LogP contribution in [0.5, 0.6) is 0 Å². The summed E-state index contributed by atoms with van der Waals surface area (Å²) in [6, 6.07) is 17.6. The number of rotatable bonds is 2. The largest absolute Gasteiger partial charge is 0.143 e. The molecule has 0 fully saturated rings.